The van der Waals surface area contributed by atoms with Gasteiger partial charge in [0.15, 0.2) is 5.78 Å². The molecule has 1 aromatic rings. The van der Waals surface area contributed by atoms with E-state index in [0.29, 0.717) is 42.6 Å². The Balaban J connectivity index is 1.41. The van der Waals surface area contributed by atoms with Gasteiger partial charge in [0.1, 0.15) is 23.8 Å². The van der Waals surface area contributed by atoms with Gasteiger partial charge in [0.05, 0.1) is 11.6 Å². The maximum Gasteiger partial charge on any atom is 0.289 e. The summed E-state index contributed by atoms with van der Waals surface area (Å²) in [5.74, 6) is -3.57. The highest BCUT2D eigenvalue weighted by atomic mass is 16.2. The number of aromatic nitrogens is 1. The minimum absolute atomic E-state index is 0.00138. The van der Waals surface area contributed by atoms with Gasteiger partial charge in [-0.25, -0.2) is 0 Å². The molecule has 5 amide bonds. The molecule has 1 aromatic heterocycles. The summed E-state index contributed by atoms with van der Waals surface area (Å²) in [6, 6.07) is -3.88. The number of rotatable bonds is 15. The third-order valence-corrected chi connectivity index (χ3v) is 12.8. The number of carbonyl (C=O) groups excluding carboxylic acids is 7. The van der Waals surface area contributed by atoms with Crippen molar-refractivity contribution in [3.05, 3.63) is 22.5 Å². The van der Waals surface area contributed by atoms with Crippen molar-refractivity contribution < 1.29 is 33.6 Å². The molecule has 0 spiro atoms. The van der Waals surface area contributed by atoms with E-state index in [4.69, 9.17) is 0 Å². The van der Waals surface area contributed by atoms with Crippen LogP contribution in [0.3, 0.4) is 0 Å². The lowest BCUT2D eigenvalue weighted by Gasteiger charge is -2.39. The minimum Gasteiger partial charge on any atom is -0.354 e. The summed E-state index contributed by atoms with van der Waals surface area (Å²) >= 11 is 0. The number of aromatic amines is 1. The Morgan fingerprint density at radius 3 is 2.02 bits per heavy atom. The zero-order valence-corrected chi connectivity index (χ0v) is 34.7. The number of nitrogens with zero attached hydrogens (tertiary/aromatic N) is 1. The van der Waals surface area contributed by atoms with E-state index >= 15 is 0 Å². The number of aryl methyl sites for hydroxylation is 1. The van der Waals surface area contributed by atoms with Gasteiger partial charge in [-0.05, 0) is 88.0 Å². The van der Waals surface area contributed by atoms with Crippen LogP contribution >= 0.6 is 0 Å². The Labute approximate surface area is 332 Å². The topological polar surface area (TPSA) is 187 Å². The van der Waals surface area contributed by atoms with Gasteiger partial charge in [-0.1, -0.05) is 85.5 Å². The molecule has 0 radical (unpaired) electrons. The van der Waals surface area contributed by atoms with Crippen LogP contribution < -0.4 is 21.3 Å². The van der Waals surface area contributed by atoms with Gasteiger partial charge in [0, 0.05) is 18.3 Å². The standard InChI is InChI=1S/C43H66N6O7/c1-8-15-31(36(51)41(55)45-29-20-21-29)46-40(54)35-30(27-16-11-9-12-17-27)22-23-49(35)42(56)37(43(5,6)7)48-38(52)33(28-18-13-10-14-19-28)47-39(53)34-32(26(4)50)24(2)25(3)44-34/h27-31,33,35,37,44H,8-23H2,1-7H3,(H,45,55)(H,46,54)(H,47,53)(H,48,52)/t30-,31+,33+,35+,37-/m1/s1. The van der Waals surface area contributed by atoms with Crippen LogP contribution in [-0.2, 0) is 24.0 Å². The van der Waals surface area contributed by atoms with Crippen LogP contribution in [0.25, 0.3) is 0 Å². The third kappa shape index (κ3) is 10.1. The molecular formula is C43H66N6O7. The number of H-pyrrole nitrogens is 1. The van der Waals surface area contributed by atoms with Gasteiger partial charge in [0.25, 0.3) is 11.8 Å². The predicted molar refractivity (Wildman–Crippen MR) is 213 cm³/mol. The second-order valence-electron chi connectivity index (χ2n) is 18.1. The fourth-order valence-electron chi connectivity index (χ4n) is 9.37. The molecule has 5 N–H and O–H groups in total. The first-order chi connectivity index (χ1) is 26.5. The van der Waals surface area contributed by atoms with E-state index in [1.54, 1.807) is 18.7 Å². The van der Waals surface area contributed by atoms with Gasteiger partial charge >= 0.3 is 0 Å². The van der Waals surface area contributed by atoms with Crippen molar-refractivity contribution in [2.45, 2.75) is 175 Å². The molecule has 56 heavy (non-hydrogen) atoms. The summed E-state index contributed by atoms with van der Waals surface area (Å²) in [4.78, 5) is 101. The van der Waals surface area contributed by atoms with Gasteiger partial charge < -0.3 is 31.2 Å². The monoisotopic (exact) mass is 778 g/mol. The number of ketones is 2. The molecule has 0 unspecified atom stereocenters. The van der Waals surface area contributed by atoms with E-state index in [-0.39, 0.29) is 35.3 Å². The zero-order chi connectivity index (χ0) is 40.9. The molecule has 0 bridgehead atoms. The van der Waals surface area contributed by atoms with Gasteiger partial charge in [-0.15, -0.1) is 0 Å². The van der Waals surface area contributed by atoms with E-state index < -0.39 is 64.9 Å². The molecule has 4 aliphatic rings. The fraction of sp³-hybridized carbons (Fsp3) is 0.744. The van der Waals surface area contributed by atoms with Crippen LogP contribution in [0.1, 0.15) is 163 Å². The highest BCUT2D eigenvalue weighted by Gasteiger charge is 2.49. The number of hydrogen-bond donors (Lipinski definition) is 5. The maximum absolute atomic E-state index is 14.9. The Hall–Kier alpha value is -4.03. The Bertz CT molecular complexity index is 1650. The van der Waals surface area contributed by atoms with Crippen molar-refractivity contribution in [3.63, 3.8) is 0 Å². The summed E-state index contributed by atoms with van der Waals surface area (Å²) < 4.78 is 0. The molecule has 310 valence electrons. The third-order valence-electron chi connectivity index (χ3n) is 12.8. The molecule has 3 aliphatic carbocycles. The number of nitrogens with one attached hydrogen (secondary N) is 5. The number of carbonyl (C=O) groups is 7. The van der Waals surface area contributed by atoms with Crippen molar-refractivity contribution in [2.75, 3.05) is 6.54 Å². The molecule has 2 heterocycles. The number of Topliss-reactive ketones (excluding diaryl/α,β-unsaturated/α-hetero) is 2. The molecule has 1 aliphatic heterocycles. The molecule has 13 heteroatoms. The average molecular weight is 779 g/mol. The highest BCUT2D eigenvalue weighted by molar-refractivity contribution is 6.38. The van der Waals surface area contributed by atoms with Gasteiger partial charge in [-0.2, -0.15) is 0 Å². The molecule has 5 atom stereocenters. The van der Waals surface area contributed by atoms with Crippen LogP contribution in [0.15, 0.2) is 0 Å². The first-order valence-corrected chi connectivity index (χ1v) is 21.3. The van der Waals surface area contributed by atoms with Gasteiger partial charge in [0.2, 0.25) is 23.5 Å². The summed E-state index contributed by atoms with van der Waals surface area (Å²) in [5, 5.41) is 11.7. The van der Waals surface area contributed by atoms with Crippen LogP contribution in [0.2, 0.25) is 0 Å². The van der Waals surface area contributed by atoms with Crippen LogP contribution in [0.4, 0.5) is 0 Å². The normalized spacial score (nSPS) is 22.4. The van der Waals surface area contributed by atoms with Gasteiger partial charge in [-0.3, -0.25) is 33.6 Å². The first kappa shape index (κ1) is 43.1. The smallest absolute Gasteiger partial charge is 0.289 e. The quantitative estimate of drug-likeness (QED) is 0.123. The van der Waals surface area contributed by atoms with Crippen molar-refractivity contribution in [1.29, 1.82) is 0 Å². The highest BCUT2D eigenvalue weighted by Crippen LogP contribution is 2.40. The average Bonchev–Trinajstić information content (AvgIpc) is 3.77. The summed E-state index contributed by atoms with van der Waals surface area (Å²) in [6.07, 6.45) is 12.6. The lowest BCUT2D eigenvalue weighted by Crippen LogP contribution is -2.62. The lowest BCUT2D eigenvalue weighted by atomic mass is 9.76. The van der Waals surface area contributed by atoms with E-state index in [1.165, 1.54) is 6.92 Å². The number of amides is 5. The Morgan fingerprint density at radius 1 is 0.821 bits per heavy atom. The van der Waals surface area contributed by atoms with E-state index in [0.717, 1.165) is 77.0 Å². The predicted octanol–water partition coefficient (Wildman–Crippen LogP) is 4.97. The maximum atomic E-state index is 14.9. The van der Waals surface area contributed by atoms with Crippen molar-refractivity contribution >= 4 is 41.1 Å². The van der Waals surface area contributed by atoms with Crippen LogP contribution in [-0.4, -0.2) is 87.7 Å². The lowest BCUT2D eigenvalue weighted by molar-refractivity contribution is -0.146. The van der Waals surface area contributed by atoms with Crippen molar-refractivity contribution in [3.8, 4) is 0 Å². The summed E-state index contributed by atoms with van der Waals surface area (Å²) in [6.45, 7) is 12.8. The van der Waals surface area contributed by atoms with E-state index in [1.807, 2.05) is 27.7 Å². The molecule has 13 nitrogen and oxygen atoms in total. The van der Waals surface area contributed by atoms with Crippen molar-refractivity contribution in [1.82, 2.24) is 31.2 Å². The second kappa shape index (κ2) is 18.5. The molecule has 1 saturated heterocycles. The number of likely N-dealkylation sites (tertiary alicyclic amines) is 1. The minimum atomic E-state index is -1.04. The molecular weight excluding hydrogens is 713 g/mol. The largest absolute Gasteiger partial charge is 0.354 e. The molecule has 5 rings (SSSR count). The van der Waals surface area contributed by atoms with Crippen LogP contribution in [0.5, 0.6) is 0 Å². The number of hydrogen-bond acceptors (Lipinski definition) is 7. The van der Waals surface area contributed by atoms with Crippen molar-refractivity contribution in [2.24, 2.45) is 23.2 Å². The Kier molecular flexibility index (Phi) is 14.2. The summed E-state index contributed by atoms with van der Waals surface area (Å²) in [7, 11) is 0. The molecule has 4 fully saturated rings. The summed E-state index contributed by atoms with van der Waals surface area (Å²) in [5.41, 5.74) is 1.01. The molecule has 3 saturated carbocycles. The van der Waals surface area contributed by atoms with Crippen LogP contribution in [0, 0.1) is 37.0 Å². The molecule has 0 aromatic carbocycles. The first-order valence-electron chi connectivity index (χ1n) is 21.3. The van der Waals surface area contributed by atoms with E-state index in [9.17, 15) is 33.6 Å². The fourth-order valence-corrected chi connectivity index (χ4v) is 9.37. The zero-order valence-electron chi connectivity index (χ0n) is 34.7. The Morgan fingerprint density at radius 2 is 1.45 bits per heavy atom. The SMILES string of the molecule is CCC[C@H](NC(=O)[C@@H]1[C@@H](C2CCCCC2)CCN1C(=O)[C@@H](NC(=O)[C@@H](NC(=O)c1[nH]c(C)c(C)c1C(C)=O)C1CCCCC1)C(C)(C)C)C(=O)C(=O)NC1CC1. The van der Waals surface area contributed by atoms with E-state index in [2.05, 4.69) is 26.3 Å². The second-order valence-corrected chi connectivity index (χ2v) is 18.1.